The minimum absolute atomic E-state index is 0.00662. The molecule has 15 aromatic carbocycles. The molecule has 0 amide bonds. The third-order valence-electron chi connectivity index (χ3n) is 40.5. The summed E-state index contributed by atoms with van der Waals surface area (Å²) < 4.78 is 9.13. The number of hydrogen-bond donors (Lipinski definition) is 0. The number of thiophene rings is 1. The summed E-state index contributed by atoms with van der Waals surface area (Å²) in [5.41, 5.74) is 36.3. The number of rotatable bonds is 18. The minimum Gasteiger partial charge on any atom is -0.455 e. The van der Waals surface area contributed by atoms with Gasteiger partial charge in [-0.3, -0.25) is 0 Å². The van der Waals surface area contributed by atoms with Crippen LogP contribution < -0.4 is 14.7 Å². The van der Waals surface area contributed by atoms with Gasteiger partial charge in [-0.15, -0.1) is 11.3 Å². The van der Waals surface area contributed by atoms with Gasteiger partial charge in [0.1, 0.15) is 11.2 Å². The summed E-state index contributed by atoms with van der Waals surface area (Å²) in [7, 11) is 0. The van der Waals surface area contributed by atoms with Crippen LogP contribution in [0.2, 0.25) is 0 Å². The van der Waals surface area contributed by atoms with Crippen molar-refractivity contribution in [3.63, 3.8) is 0 Å². The summed E-state index contributed by atoms with van der Waals surface area (Å²) >= 11 is 1.90. The smallest absolute Gasteiger partial charge is 0.143 e. The average molecular weight is 1910 g/mol. The third-order valence-corrected chi connectivity index (χ3v) is 41.6. The first-order chi connectivity index (χ1) is 71.3. The van der Waals surface area contributed by atoms with E-state index < -0.39 is 0 Å². The average Bonchev–Trinajstić information content (AvgIpc) is 1.58. The minimum atomic E-state index is 0.00662. The first kappa shape index (κ1) is 89.1. The van der Waals surface area contributed by atoms with Crippen molar-refractivity contribution in [3.8, 4) is 44.5 Å². The highest BCUT2D eigenvalue weighted by atomic mass is 32.1. The Bertz CT molecular complexity index is 7610. The molecule has 5 heteroatoms. The zero-order valence-corrected chi connectivity index (χ0v) is 85.6. The van der Waals surface area contributed by atoms with Crippen LogP contribution in [0.25, 0.3) is 86.6 Å². The molecule has 0 N–H and O–H groups in total. The lowest BCUT2D eigenvalue weighted by atomic mass is 9.48. The summed E-state index contributed by atoms with van der Waals surface area (Å²) in [4.78, 5) is 7.43. The van der Waals surface area contributed by atoms with Crippen molar-refractivity contribution in [1.82, 2.24) is 0 Å². The van der Waals surface area contributed by atoms with Crippen LogP contribution in [0.4, 0.5) is 51.2 Å². The lowest BCUT2D eigenvalue weighted by molar-refractivity contribution is -0.00530. The molecular formula is C140H137N3OS. The van der Waals surface area contributed by atoms with Crippen LogP contribution in [0.1, 0.15) is 268 Å². The van der Waals surface area contributed by atoms with Crippen molar-refractivity contribution < 1.29 is 4.42 Å². The van der Waals surface area contributed by atoms with E-state index in [1.807, 2.05) is 17.4 Å². The predicted molar refractivity (Wildman–Crippen MR) is 608 cm³/mol. The van der Waals surface area contributed by atoms with Gasteiger partial charge in [0.15, 0.2) is 0 Å². The highest BCUT2D eigenvalue weighted by Crippen LogP contribution is 2.65. The summed E-state index contributed by atoms with van der Waals surface area (Å²) in [5, 5.41) is 5.09. The molecule has 724 valence electrons. The zero-order chi connectivity index (χ0) is 95.7. The second kappa shape index (κ2) is 36.1. The molecule has 16 aliphatic rings. The van der Waals surface area contributed by atoms with E-state index >= 15 is 0 Å². The van der Waals surface area contributed by atoms with E-state index in [0.717, 1.165) is 111 Å². The Kier molecular flexibility index (Phi) is 22.2. The van der Waals surface area contributed by atoms with Crippen LogP contribution in [0.5, 0.6) is 0 Å². The Balaban J connectivity index is 0.000000103. The maximum atomic E-state index is 6.41. The van der Waals surface area contributed by atoms with Gasteiger partial charge in [-0.05, 0) is 470 Å². The molecule has 17 aromatic rings. The Morgan fingerprint density at radius 1 is 0.255 bits per heavy atom. The number of fused-ring (bicyclic) bond motifs is 15. The highest BCUT2D eigenvalue weighted by molar-refractivity contribution is 7.26. The second-order valence-electron chi connectivity index (χ2n) is 49.2. The molecule has 0 spiro atoms. The van der Waals surface area contributed by atoms with Crippen molar-refractivity contribution in [1.29, 1.82) is 0 Å². The molecule has 9 unspecified atom stereocenters. The molecule has 15 saturated carbocycles. The van der Waals surface area contributed by atoms with Gasteiger partial charge in [0, 0.05) is 93.1 Å². The van der Waals surface area contributed by atoms with Crippen molar-refractivity contribution in [2.45, 2.75) is 240 Å². The molecule has 4 nitrogen and oxygen atoms in total. The second-order valence-corrected chi connectivity index (χ2v) is 50.3. The van der Waals surface area contributed by atoms with Crippen molar-refractivity contribution in [2.75, 3.05) is 14.7 Å². The van der Waals surface area contributed by atoms with E-state index in [0.29, 0.717) is 10.8 Å². The topological polar surface area (TPSA) is 22.9 Å². The van der Waals surface area contributed by atoms with E-state index in [9.17, 15) is 0 Å². The molecule has 0 saturated heterocycles. The molecule has 0 aliphatic heterocycles. The quantitative estimate of drug-likeness (QED) is 0.0854. The number of anilines is 9. The molecule has 2 heterocycles. The van der Waals surface area contributed by atoms with Gasteiger partial charge in [0.2, 0.25) is 0 Å². The van der Waals surface area contributed by atoms with Crippen LogP contribution in [-0.4, -0.2) is 0 Å². The van der Waals surface area contributed by atoms with Crippen LogP contribution in [-0.2, 0) is 16.2 Å². The normalized spacial score (nSPS) is 27.4. The third kappa shape index (κ3) is 16.0. The summed E-state index contributed by atoms with van der Waals surface area (Å²) in [6, 6.07) is 133. The van der Waals surface area contributed by atoms with E-state index in [1.54, 1.807) is 27.8 Å². The largest absolute Gasteiger partial charge is 0.455 e. The van der Waals surface area contributed by atoms with Gasteiger partial charge in [-0.1, -0.05) is 265 Å². The lowest BCUT2D eigenvalue weighted by Crippen LogP contribution is -2.48. The maximum absolute atomic E-state index is 6.41. The zero-order valence-electron chi connectivity index (χ0n) is 84.8. The molecule has 33 rings (SSSR count). The Morgan fingerprint density at radius 2 is 0.614 bits per heavy atom. The molecule has 145 heavy (non-hydrogen) atoms. The van der Waals surface area contributed by atoms with Crippen LogP contribution >= 0.6 is 11.3 Å². The predicted octanol–water partition coefficient (Wildman–Crippen LogP) is 39.7. The first-order valence-corrected chi connectivity index (χ1v) is 57.5. The molecular weight excluding hydrogens is 1770 g/mol. The van der Waals surface area contributed by atoms with Gasteiger partial charge < -0.3 is 19.1 Å². The number of benzene rings is 15. The maximum Gasteiger partial charge on any atom is 0.143 e. The van der Waals surface area contributed by atoms with Gasteiger partial charge in [-0.2, -0.15) is 0 Å². The molecule has 15 fully saturated rings. The lowest BCUT2D eigenvalue weighted by Gasteiger charge is -2.57. The number of para-hydroxylation sites is 2. The van der Waals surface area contributed by atoms with E-state index in [4.69, 9.17) is 4.42 Å². The van der Waals surface area contributed by atoms with Crippen LogP contribution in [0, 0.1) is 71.0 Å². The van der Waals surface area contributed by atoms with E-state index in [1.165, 1.54) is 324 Å². The summed E-state index contributed by atoms with van der Waals surface area (Å²) in [6.45, 7) is 4.73. The highest BCUT2D eigenvalue weighted by Gasteiger charge is 2.54. The van der Waals surface area contributed by atoms with Crippen molar-refractivity contribution >= 4 is 105 Å². The number of nitrogens with zero attached hydrogens (tertiary/aromatic N) is 3. The Hall–Kier alpha value is -12.3. The first-order valence-electron chi connectivity index (χ1n) is 56.7. The summed E-state index contributed by atoms with van der Waals surface area (Å²) in [6.07, 6.45) is 41.4. The Labute approximate surface area is 863 Å². The van der Waals surface area contributed by atoms with Crippen LogP contribution in [0.15, 0.2) is 350 Å². The fourth-order valence-electron chi connectivity index (χ4n) is 34.4. The van der Waals surface area contributed by atoms with Gasteiger partial charge >= 0.3 is 0 Å². The standard InChI is InChI=1S/C47H45NO.C47H45NS.C46H47N/c1-2-7-45-42(4-1)43-6-3-5-41(46(43)49-45)34-10-16-38(17-11-34)48(39-18-12-35(13-19-39)44-26-30-8-9-36(44)25-30)40-20-14-37(15-21-40)47-27-31-22-32(28-47)24-33(23-31)29-47;1-2-6-44-42(4-1)46-41(5-3-7-45(46)49-44)34-10-16-38(17-11-34)48(39-18-12-35(13-19-39)43-26-30-8-9-36(43)25-30)40-20-14-37(15-21-40)47-27-31-22-32(28-47)24-33(23-31)29-47;1-46(2)44-11-7-6-10-41(44)42-27-20-36(30-45(42)46)34-16-23-39(24-17-34)47(38-21-14-33(15-22-38)32-8-4-3-5-9-32)40-25-18-35(19-26-40)43-29-31-12-13-37(43)28-31/h1-7,10-21,30-33,36,44H,8-9,22-29H2;1-7,10-21,30-33,36,43H,8-9,22-29H2;6-7,10-11,14-27,30-32,37,43H,3-5,8-9,12-13,28-29H2,1-2H3. The molecule has 14 bridgehead atoms. The molecule has 0 radical (unpaired) electrons. The monoisotopic (exact) mass is 1910 g/mol. The number of hydrogen-bond acceptors (Lipinski definition) is 5. The fourth-order valence-corrected chi connectivity index (χ4v) is 35.5. The molecule has 9 atom stereocenters. The summed E-state index contributed by atoms with van der Waals surface area (Å²) in [5.74, 6) is 14.4. The molecule has 16 aliphatic carbocycles. The van der Waals surface area contributed by atoms with Gasteiger partial charge in [0.05, 0.1) is 0 Å². The molecule has 2 aromatic heterocycles. The van der Waals surface area contributed by atoms with Crippen LogP contribution in [0.3, 0.4) is 0 Å². The fraction of sp³-hybridized carbons (Fsp3) is 0.357. The van der Waals surface area contributed by atoms with E-state index in [2.05, 4.69) is 368 Å². The Morgan fingerprint density at radius 3 is 1.07 bits per heavy atom. The van der Waals surface area contributed by atoms with Gasteiger partial charge in [-0.25, -0.2) is 0 Å². The van der Waals surface area contributed by atoms with Crippen molar-refractivity contribution in [2.24, 2.45) is 71.0 Å². The SMILES string of the molecule is CC1(C)c2ccccc2-c2ccc(-c3ccc(N(c4ccc(C5CCCCC5)cc4)c4ccc(C5CC6CCC5C6)cc4)cc3)cc21.c1ccc2c(c1)oc1c(-c3ccc(N(c4ccc(C5CC6CCC5C6)cc4)c4ccc(C56CC7CC(CC(C7)C5)C6)cc4)cc3)cccc12.c1ccc2c(c1)sc1cccc(-c3ccc(N(c4ccc(C5CC6CCC5C6)cc4)c4ccc(C56CC7CC(CC(C7)C5)C6)cc4)cc3)c12. The number of furan rings is 1. The van der Waals surface area contributed by atoms with Crippen molar-refractivity contribution in [3.05, 3.63) is 390 Å². The van der Waals surface area contributed by atoms with Gasteiger partial charge in [0.25, 0.3) is 0 Å². The van der Waals surface area contributed by atoms with E-state index in [-0.39, 0.29) is 5.41 Å².